The first-order chi connectivity index (χ1) is 18.6. The van der Waals surface area contributed by atoms with E-state index in [-0.39, 0.29) is 23.9 Å². The van der Waals surface area contributed by atoms with E-state index in [0.717, 1.165) is 48.8 Å². The maximum absolute atomic E-state index is 11.3. The molecule has 0 radical (unpaired) electrons. The predicted octanol–water partition coefficient (Wildman–Crippen LogP) is 5.86. The van der Waals surface area contributed by atoms with Gasteiger partial charge in [0.15, 0.2) is 0 Å². The fraction of sp³-hybridized carbons (Fsp3) is 0.400. The minimum Gasteiger partial charge on any atom is -0.211 e. The molecule has 0 aliphatic heterocycles. The Morgan fingerprint density at radius 2 is 1.34 bits per heavy atom. The molecule has 0 bridgehead atoms. The molecule has 2 aliphatic rings. The van der Waals surface area contributed by atoms with Crippen molar-refractivity contribution < 1.29 is 19.2 Å². The summed E-state index contributed by atoms with van der Waals surface area (Å²) in [6.45, 7) is 4.45. The molecule has 4 unspecified atom stereocenters. The summed E-state index contributed by atoms with van der Waals surface area (Å²) in [6, 6.07) is 14.4. The van der Waals surface area contributed by atoms with Crippen LogP contribution < -0.4 is 0 Å². The molecule has 38 heavy (non-hydrogen) atoms. The Bertz CT molecular complexity index is 1330. The van der Waals surface area contributed by atoms with Crippen molar-refractivity contribution in [3.8, 4) is 0 Å². The summed E-state index contributed by atoms with van der Waals surface area (Å²) >= 11 is 0. The highest BCUT2D eigenvalue weighted by Crippen LogP contribution is 2.56. The van der Waals surface area contributed by atoms with Crippen molar-refractivity contribution in [1.82, 2.24) is 0 Å². The molecule has 0 heterocycles. The first-order valence-electron chi connectivity index (χ1n) is 12.8. The first kappa shape index (κ1) is 26.8. The van der Waals surface area contributed by atoms with Gasteiger partial charge in [0.05, 0.1) is 23.5 Å². The number of rotatable bonds is 8. The lowest BCUT2D eigenvalue weighted by Gasteiger charge is -2.52. The van der Waals surface area contributed by atoms with Gasteiger partial charge in [0.25, 0.3) is 0 Å². The van der Waals surface area contributed by atoms with E-state index in [2.05, 4.69) is 26.5 Å². The highest BCUT2D eigenvalue weighted by Gasteiger charge is 2.52. The van der Waals surface area contributed by atoms with E-state index in [1.807, 2.05) is 36.4 Å². The van der Waals surface area contributed by atoms with E-state index in [9.17, 15) is 19.2 Å². The highest BCUT2D eigenvalue weighted by atomic mass is 16.1. The van der Waals surface area contributed by atoms with Gasteiger partial charge in [-0.15, -0.1) is 0 Å². The Balaban J connectivity index is 2.06. The van der Waals surface area contributed by atoms with Crippen molar-refractivity contribution in [1.29, 1.82) is 0 Å². The number of nitrogens with zero attached hydrogens (tertiary/aromatic N) is 4. The van der Waals surface area contributed by atoms with Crippen LogP contribution in [0.2, 0.25) is 0 Å². The van der Waals surface area contributed by atoms with Gasteiger partial charge in [-0.05, 0) is 84.9 Å². The number of carbonyl (C=O) groups excluding carboxylic acids is 4. The Labute approximate surface area is 221 Å². The van der Waals surface area contributed by atoms with Gasteiger partial charge in [0.2, 0.25) is 24.3 Å². The topological polar surface area (TPSA) is 118 Å². The average Bonchev–Trinajstić information content (AvgIpc) is 2.93. The van der Waals surface area contributed by atoms with Crippen LogP contribution >= 0.6 is 0 Å². The maximum Gasteiger partial charge on any atom is 0.240 e. The molecule has 0 amide bonds. The zero-order valence-corrected chi connectivity index (χ0v) is 21.0. The van der Waals surface area contributed by atoms with Crippen LogP contribution in [0.25, 0.3) is 0 Å². The molecule has 0 saturated heterocycles. The molecule has 2 aromatic rings. The van der Waals surface area contributed by atoms with Crippen LogP contribution in [0.4, 0.5) is 11.4 Å². The third-order valence-electron chi connectivity index (χ3n) is 8.13. The lowest BCUT2D eigenvalue weighted by molar-refractivity contribution is 0.153. The summed E-state index contributed by atoms with van der Waals surface area (Å²) in [7, 11) is 0. The van der Waals surface area contributed by atoms with Gasteiger partial charge in [0, 0.05) is 5.41 Å². The maximum atomic E-state index is 11.3. The van der Waals surface area contributed by atoms with Crippen molar-refractivity contribution in [2.45, 2.75) is 62.4 Å². The summed E-state index contributed by atoms with van der Waals surface area (Å²) in [4.78, 5) is 60.8. The fourth-order valence-electron chi connectivity index (χ4n) is 6.71. The molecule has 8 heteroatoms. The minimum atomic E-state index is -0.728. The van der Waals surface area contributed by atoms with Crippen LogP contribution in [-0.4, -0.2) is 36.4 Å². The minimum absolute atomic E-state index is 0.00928. The normalized spacial score (nSPS) is 24.4. The van der Waals surface area contributed by atoms with E-state index in [0.29, 0.717) is 24.2 Å². The van der Waals surface area contributed by atoms with Crippen molar-refractivity contribution in [2.75, 3.05) is 0 Å². The predicted molar refractivity (Wildman–Crippen MR) is 141 cm³/mol. The molecular weight excluding hydrogens is 480 g/mol. The summed E-state index contributed by atoms with van der Waals surface area (Å²) in [5.41, 5.74) is 2.84. The van der Waals surface area contributed by atoms with Crippen molar-refractivity contribution in [2.24, 2.45) is 31.8 Å². The largest absolute Gasteiger partial charge is 0.240 e. The van der Waals surface area contributed by atoms with E-state index in [1.165, 1.54) is 0 Å². The van der Waals surface area contributed by atoms with Crippen LogP contribution in [0.15, 0.2) is 80.7 Å². The number of hydrogen-bond acceptors (Lipinski definition) is 8. The second-order valence-electron chi connectivity index (χ2n) is 9.91. The van der Waals surface area contributed by atoms with Crippen LogP contribution in [0, 0.1) is 11.8 Å². The molecule has 4 rings (SSSR count). The summed E-state index contributed by atoms with van der Waals surface area (Å²) in [5, 5.41) is 0. The molecular formula is C30H28N4O4. The lowest BCUT2D eigenvalue weighted by Crippen LogP contribution is -2.48. The fourth-order valence-corrected chi connectivity index (χ4v) is 6.71. The Morgan fingerprint density at radius 3 is 1.92 bits per heavy atom. The quantitative estimate of drug-likeness (QED) is 0.252. The smallest absolute Gasteiger partial charge is 0.211 e. The molecule has 192 valence electrons. The molecule has 2 fully saturated rings. The van der Waals surface area contributed by atoms with E-state index in [1.54, 1.807) is 36.5 Å². The molecule has 0 aromatic heterocycles. The SMILES string of the molecule is C=C1C(N=C=O)CCCC1C(c1cccc(N=C=O)c1)(c1cccc(N=C=O)c1)C1CCCC(N=C=O)C1. The third kappa shape index (κ3) is 5.21. The van der Waals surface area contributed by atoms with Gasteiger partial charge in [-0.3, -0.25) is 0 Å². The Hall–Kier alpha value is -4.30. The Morgan fingerprint density at radius 1 is 0.737 bits per heavy atom. The molecule has 2 aromatic carbocycles. The monoisotopic (exact) mass is 508 g/mol. The van der Waals surface area contributed by atoms with Gasteiger partial charge in [0.1, 0.15) is 0 Å². The van der Waals surface area contributed by atoms with Crippen LogP contribution in [-0.2, 0) is 24.6 Å². The molecule has 8 nitrogen and oxygen atoms in total. The van der Waals surface area contributed by atoms with Crippen LogP contribution in [0.1, 0.15) is 56.1 Å². The highest BCUT2D eigenvalue weighted by molar-refractivity contribution is 5.57. The van der Waals surface area contributed by atoms with Crippen molar-refractivity contribution >= 4 is 35.7 Å². The second-order valence-corrected chi connectivity index (χ2v) is 9.91. The van der Waals surface area contributed by atoms with E-state index in [4.69, 9.17) is 0 Å². The first-order valence-corrected chi connectivity index (χ1v) is 12.8. The zero-order chi connectivity index (χ0) is 27.0. The van der Waals surface area contributed by atoms with E-state index < -0.39 is 5.41 Å². The van der Waals surface area contributed by atoms with Gasteiger partial charge in [-0.1, -0.05) is 43.7 Å². The van der Waals surface area contributed by atoms with Crippen molar-refractivity contribution in [3.63, 3.8) is 0 Å². The number of hydrogen-bond donors (Lipinski definition) is 0. The van der Waals surface area contributed by atoms with E-state index >= 15 is 0 Å². The van der Waals surface area contributed by atoms with Gasteiger partial charge in [-0.2, -0.15) is 15.0 Å². The standard InChI is InChI=1S/C30H28N4O4/c1-21-28(12-5-13-29(21)34-20-38)30(22-6-2-9-25(14-22)31-17-35,23-7-3-10-26(15-23)32-18-36)24-8-4-11-27(16-24)33-19-37/h2-3,6-7,9-10,14-15,24,27-29H,1,4-5,8,11-13,16H2. The second kappa shape index (κ2) is 12.3. The summed E-state index contributed by atoms with van der Waals surface area (Å²) in [5.74, 6) is -0.168. The average molecular weight is 509 g/mol. The lowest BCUT2D eigenvalue weighted by atomic mass is 9.51. The Kier molecular flexibility index (Phi) is 8.66. The molecule has 2 saturated carbocycles. The summed E-state index contributed by atoms with van der Waals surface area (Å²) in [6.07, 6.45) is 12.1. The van der Waals surface area contributed by atoms with Crippen LogP contribution in [0.5, 0.6) is 0 Å². The molecule has 0 spiro atoms. The number of aliphatic imine (C=N–C) groups is 4. The number of isocyanates is 4. The number of benzene rings is 2. The molecule has 4 atom stereocenters. The van der Waals surface area contributed by atoms with Gasteiger partial charge in [-0.25, -0.2) is 24.2 Å². The third-order valence-corrected chi connectivity index (χ3v) is 8.13. The molecule has 0 N–H and O–H groups in total. The van der Waals surface area contributed by atoms with Crippen LogP contribution in [0.3, 0.4) is 0 Å². The van der Waals surface area contributed by atoms with Gasteiger partial charge >= 0.3 is 0 Å². The summed E-state index contributed by atoms with van der Waals surface area (Å²) < 4.78 is 0. The zero-order valence-electron chi connectivity index (χ0n) is 21.0. The van der Waals surface area contributed by atoms with Crippen molar-refractivity contribution in [3.05, 3.63) is 71.8 Å². The van der Waals surface area contributed by atoms with Gasteiger partial charge < -0.3 is 0 Å². The molecule has 2 aliphatic carbocycles.